The van der Waals surface area contributed by atoms with Crippen molar-refractivity contribution in [3.8, 4) is 11.4 Å². The van der Waals surface area contributed by atoms with E-state index in [1.165, 1.54) is 6.33 Å². The van der Waals surface area contributed by atoms with Crippen LogP contribution in [-0.2, 0) is 0 Å². The van der Waals surface area contributed by atoms with Gasteiger partial charge in [0.25, 0.3) is 5.91 Å². The molecular weight excluding hydrogens is 328 g/mol. The van der Waals surface area contributed by atoms with E-state index in [1.54, 1.807) is 35.9 Å². The van der Waals surface area contributed by atoms with Gasteiger partial charge in [0.2, 0.25) is 0 Å². The molecule has 122 valence electrons. The third-order valence-corrected chi connectivity index (χ3v) is 3.72. The van der Waals surface area contributed by atoms with Gasteiger partial charge in [0.05, 0.1) is 12.8 Å². The van der Waals surface area contributed by atoms with Crippen molar-refractivity contribution in [3.05, 3.63) is 65.6 Å². The lowest BCUT2D eigenvalue weighted by atomic mass is 10.3. The number of benzene rings is 2. The summed E-state index contributed by atoms with van der Waals surface area (Å²) in [6, 6.07) is 14.1. The Bertz CT molecular complexity index is 875. The Hall–Kier alpha value is -2.99. The van der Waals surface area contributed by atoms with Crippen LogP contribution in [0.2, 0.25) is 5.02 Å². The number of nitrogens with two attached hydrogens (primary N) is 1. The van der Waals surface area contributed by atoms with E-state index in [0.717, 1.165) is 0 Å². The second kappa shape index (κ2) is 6.64. The van der Waals surface area contributed by atoms with Gasteiger partial charge in [0.15, 0.2) is 5.69 Å². The minimum absolute atomic E-state index is 0.135. The second-order valence-electron chi connectivity index (χ2n) is 4.98. The van der Waals surface area contributed by atoms with Gasteiger partial charge in [-0.05, 0) is 36.4 Å². The van der Waals surface area contributed by atoms with Gasteiger partial charge < -0.3 is 15.8 Å². The standard InChI is InChI=1S/C17H15ClN4O2/c1-24-14-5-3-2-4-13(14)22-10-20-15(16(22)19)17(23)21-12-8-6-11(18)7-9-12/h2-10H,19H2,1H3,(H,21,23). The molecule has 1 amide bonds. The first-order chi connectivity index (χ1) is 11.6. The molecule has 7 heteroatoms. The zero-order valence-corrected chi connectivity index (χ0v) is 13.6. The van der Waals surface area contributed by atoms with E-state index >= 15 is 0 Å². The zero-order chi connectivity index (χ0) is 17.1. The topological polar surface area (TPSA) is 82.2 Å². The second-order valence-corrected chi connectivity index (χ2v) is 5.42. The predicted molar refractivity (Wildman–Crippen MR) is 93.9 cm³/mol. The molecule has 0 unspecified atom stereocenters. The van der Waals surface area contributed by atoms with Gasteiger partial charge in [0.1, 0.15) is 17.9 Å². The Balaban J connectivity index is 1.89. The first-order valence-corrected chi connectivity index (χ1v) is 7.51. The number of hydrogen-bond acceptors (Lipinski definition) is 4. The Morgan fingerprint density at radius 2 is 1.92 bits per heavy atom. The highest BCUT2D eigenvalue weighted by Crippen LogP contribution is 2.26. The van der Waals surface area contributed by atoms with Crippen LogP contribution in [0.3, 0.4) is 0 Å². The molecule has 3 rings (SSSR count). The quantitative estimate of drug-likeness (QED) is 0.761. The summed E-state index contributed by atoms with van der Waals surface area (Å²) in [6.45, 7) is 0. The highest BCUT2D eigenvalue weighted by atomic mass is 35.5. The molecule has 24 heavy (non-hydrogen) atoms. The van der Waals surface area contributed by atoms with Crippen LogP contribution in [0.15, 0.2) is 54.9 Å². The first kappa shape index (κ1) is 15.9. The molecule has 0 atom stereocenters. The van der Waals surface area contributed by atoms with Gasteiger partial charge in [-0.15, -0.1) is 0 Å². The van der Waals surface area contributed by atoms with Gasteiger partial charge >= 0.3 is 0 Å². The van der Waals surface area contributed by atoms with E-state index in [1.807, 2.05) is 24.3 Å². The van der Waals surface area contributed by atoms with Crippen LogP contribution < -0.4 is 15.8 Å². The number of carbonyl (C=O) groups excluding carboxylic acids is 1. The van der Waals surface area contributed by atoms with Gasteiger partial charge in [-0.2, -0.15) is 0 Å². The summed E-state index contributed by atoms with van der Waals surface area (Å²) in [7, 11) is 1.57. The third kappa shape index (κ3) is 3.04. The van der Waals surface area contributed by atoms with Gasteiger partial charge in [-0.25, -0.2) is 4.98 Å². The van der Waals surface area contributed by atoms with Crippen molar-refractivity contribution < 1.29 is 9.53 Å². The molecule has 0 aliphatic carbocycles. The van der Waals surface area contributed by atoms with Crippen molar-refractivity contribution in [1.82, 2.24) is 9.55 Å². The fourth-order valence-corrected chi connectivity index (χ4v) is 2.40. The number of nitrogen functional groups attached to an aromatic ring is 1. The number of hydrogen-bond donors (Lipinski definition) is 2. The van der Waals surface area contributed by atoms with E-state index < -0.39 is 5.91 Å². The fourth-order valence-electron chi connectivity index (χ4n) is 2.28. The number of halogens is 1. The molecule has 0 fully saturated rings. The summed E-state index contributed by atoms with van der Waals surface area (Å²) >= 11 is 5.83. The number of ether oxygens (including phenoxy) is 1. The largest absolute Gasteiger partial charge is 0.495 e. The molecule has 2 aromatic carbocycles. The van der Waals surface area contributed by atoms with Gasteiger partial charge in [-0.1, -0.05) is 23.7 Å². The minimum atomic E-state index is -0.400. The maximum atomic E-state index is 12.4. The molecule has 1 heterocycles. The summed E-state index contributed by atoms with van der Waals surface area (Å²) in [5.41, 5.74) is 7.55. The van der Waals surface area contributed by atoms with E-state index in [4.69, 9.17) is 22.1 Å². The van der Waals surface area contributed by atoms with Crippen LogP contribution in [0.5, 0.6) is 5.75 Å². The zero-order valence-electron chi connectivity index (χ0n) is 12.9. The molecule has 1 aromatic heterocycles. The van der Waals surface area contributed by atoms with Crippen molar-refractivity contribution in [2.75, 3.05) is 18.2 Å². The Morgan fingerprint density at radius 1 is 1.21 bits per heavy atom. The number of amides is 1. The Kier molecular flexibility index (Phi) is 4.39. The molecule has 6 nitrogen and oxygen atoms in total. The number of nitrogens with one attached hydrogen (secondary N) is 1. The van der Waals surface area contributed by atoms with E-state index in [9.17, 15) is 4.79 Å². The maximum absolute atomic E-state index is 12.4. The molecule has 3 N–H and O–H groups in total. The molecule has 0 spiro atoms. The third-order valence-electron chi connectivity index (χ3n) is 3.47. The lowest BCUT2D eigenvalue weighted by molar-refractivity contribution is 0.102. The first-order valence-electron chi connectivity index (χ1n) is 7.13. The minimum Gasteiger partial charge on any atom is -0.495 e. The van der Waals surface area contributed by atoms with Gasteiger partial charge in [-0.3, -0.25) is 9.36 Å². The summed E-state index contributed by atoms with van der Waals surface area (Å²) in [5.74, 6) is 0.459. The number of nitrogens with zero attached hydrogens (tertiary/aromatic N) is 2. The van der Waals surface area contributed by atoms with Crippen molar-refractivity contribution >= 4 is 29.0 Å². The van der Waals surface area contributed by atoms with Crippen molar-refractivity contribution in [3.63, 3.8) is 0 Å². The lowest BCUT2D eigenvalue weighted by Crippen LogP contribution is -2.15. The average Bonchev–Trinajstić information content (AvgIpc) is 2.98. The predicted octanol–water partition coefficient (Wildman–Crippen LogP) is 3.37. The number of aromatic nitrogens is 2. The van der Waals surface area contributed by atoms with E-state index in [-0.39, 0.29) is 11.5 Å². The van der Waals surface area contributed by atoms with Crippen molar-refractivity contribution in [2.24, 2.45) is 0 Å². The number of rotatable bonds is 4. The van der Waals surface area contributed by atoms with E-state index in [0.29, 0.717) is 22.1 Å². The fraction of sp³-hybridized carbons (Fsp3) is 0.0588. The maximum Gasteiger partial charge on any atom is 0.278 e. The normalized spacial score (nSPS) is 10.4. The molecule has 0 bridgehead atoms. The molecule has 0 saturated carbocycles. The number of methoxy groups -OCH3 is 1. The van der Waals surface area contributed by atoms with Crippen LogP contribution in [0.1, 0.15) is 10.5 Å². The van der Waals surface area contributed by atoms with Crippen molar-refractivity contribution in [1.29, 1.82) is 0 Å². The molecular formula is C17H15ClN4O2. The molecule has 0 aliphatic rings. The van der Waals surface area contributed by atoms with Crippen LogP contribution in [0, 0.1) is 0 Å². The smallest absolute Gasteiger partial charge is 0.278 e. The highest BCUT2D eigenvalue weighted by molar-refractivity contribution is 6.30. The summed E-state index contributed by atoms with van der Waals surface area (Å²) in [4.78, 5) is 16.5. The Morgan fingerprint density at radius 3 is 2.62 bits per heavy atom. The average molecular weight is 343 g/mol. The van der Waals surface area contributed by atoms with Crippen LogP contribution in [0.25, 0.3) is 5.69 Å². The van der Waals surface area contributed by atoms with Crippen LogP contribution in [0.4, 0.5) is 11.5 Å². The van der Waals surface area contributed by atoms with Crippen LogP contribution in [-0.4, -0.2) is 22.6 Å². The highest BCUT2D eigenvalue weighted by Gasteiger charge is 2.18. The summed E-state index contributed by atoms with van der Waals surface area (Å²) < 4.78 is 6.92. The molecule has 0 saturated heterocycles. The molecule has 0 aliphatic heterocycles. The van der Waals surface area contributed by atoms with Crippen LogP contribution >= 0.6 is 11.6 Å². The number of imidazole rings is 1. The van der Waals surface area contributed by atoms with E-state index in [2.05, 4.69) is 10.3 Å². The molecule has 3 aromatic rings. The monoisotopic (exact) mass is 342 g/mol. The van der Waals surface area contributed by atoms with Crippen molar-refractivity contribution in [2.45, 2.75) is 0 Å². The number of carbonyl (C=O) groups is 1. The number of para-hydroxylation sites is 2. The lowest BCUT2D eigenvalue weighted by Gasteiger charge is -2.10. The van der Waals surface area contributed by atoms with Gasteiger partial charge in [0, 0.05) is 10.7 Å². The Labute approximate surface area is 143 Å². The number of anilines is 2. The molecule has 0 radical (unpaired) electrons. The summed E-state index contributed by atoms with van der Waals surface area (Å²) in [5, 5.41) is 3.33. The summed E-state index contributed by atoms with van der Waals surface area (Å²) in [6.07, 6.45) is 1.49. The SMILES string of the molecule is COc1ccccc1-n1cnc(C(=O)Nc2ccc(Cl)cc2)c1N.